The number of furan rings is 2. The van der Waals surface area contributed by atoms with Crippen molar-refractivity contribution in [3.05, 3.63) is 78.9 Å². The van der Waals surface area contributed by atoms with Crippen molar-refractivity contribution in [2.75, 3.05) is 0 Å². The highest BCUT2D eigenvalue weighted by Crippen LogP contribution is 2.57. The smallest absolute Gasteiger partial charge is 0.182 e. The summed E-state index contributed by atoms with van der Waals surface area (Å²) in [6.07, 6.45) is 0. The number of para-hydroxylation sites is 2. The number of benzene rings is 3. The van der Waals surface area contributed by atoms with Gasteiger partial charge < -0.3 is 13.4 Å². The maximum Gasteiger partial charge on any atom is 0.182 e. The van der Waals surface area contributed by atoms with E-state index in [2.05, 4.69) is 0 Å². The molecule has 0 atom stereocenters. The second-order valence-electron chi connectivity index (χ2n) is 6.50. The van der Waals surface area contributed by atoms with Crippen LogP contribution >= 0.6 is 7.14 Å². The third-order valence-electron chi connectivity index (χ3n) is 5.09. The highest BCUT2D eigenvalue weighted by atomic mass is 31.2. The lowest BCUT2D eigenvalue weighted by atomic mass is 10.2. The Labute approximate surface area is 149 Å². The summed E-state index contributed by atoms with van der Waals surface area (Å²) in [5.74, 6) is 1.20. The summed E-state index contributed by atoms with van der Waals surface area (Å²) in [6.45, 7) is 0. The predicted molar refractivity (Wildman–Crippen MR) is 104 cm³/mol. The van der Waals surface area contributed by atoms with E-state index in [0.717, 1.165) is 37.9 Å². The number of fused-ring (bicyclic) bond motifs is 7. The minimum Gasteiger partial charge on any atom is -0.452 e. The van der Waals surface area contributed by atoms with E-state index in [0.29, 0.717) is 11.5 Å². The van der Waals surface area contributed by atoms with Gasteiger partial charge in [-0.25, -0.2) is 0 Å². The van der Waals surface area contributed by atoms with Gasteiger partial charge in [-0.2, -0.15) is 0 Å². The lowest BCUT2D eigenvalue weighted by Crippen LogP contribution is -2.20. The van der Waals surface area contributed by atoms with Crippen LogP contribution in [0.1, 0.15) is 0 Å². The summed E-state index contributed by atoms with van der Waals surface area (Å²) in [5, 5.41) is 4.12. The summed E-state index contributed by atoms with van der Waals surface area (Å²) in [4.78, 5) is 0. The van der Waals surface area contributed by atoms with Gasteiger partial charge in [0.25, 0.3) is 0 Å². The molecule has 0 unspecified atom stereocenters. The van der Waals surface area contributed by atoms with Crippen LogP contribution in [0.4, 0.5) is 0 Å². The van der Waals surface area contributed by atoms with Crippen LogP contribution < -0.4 is 15.9 Å². The Morgan fingerprint density at radius 2 is 1.04 bits per heavy atom. The van der Waals surface area contributed by atoms with Gasteiger partial charge >= 0.3 is 0 Å². The third-order valence-corrected chi connectivity index (χ3v) is 8.27. The number of hydrogen-bond donors (Lipinski definition) is 0. The largest absolute Gasteiger partial charge is 0.452 e. The second kappa shape index (κ2) is 4.78. The first-order chi connectivity index (χ1) is 12.8. The van der Waals surface area contributed by atoms with E-state index in [1.165, 1.54) is 0 Å². The molecular formula is C22H13O3P. The molecule has 0 bridgehead atoms. The predicted octanol–water partition coefficient (Wildman–Crippen LogP) is 4.80. The van der Waals surface area contributed by atoms with E-state index < -0.39 is 7.14 Å². The fourth-order valence-electron chi connectivity index (χ4n) is 4.00. The van der Waals surface area contributed by atoms with Gasteiger partial charge in [0.15, 0.2) is 18.7 Å². The first-order valence-electron chi connectivity index (χ1n) is 8.49. The Balaban J connectivity index is 1.86. The Morgan fingerprint density at radius 3 is 1.58 bits per heavy atom. The molecule has 124 valence electrons. The molecule has 0 saturated heterocycles. The highest BCUT2D eigenvalue weighted by molar-refractivity contribution is 7.87. The van der Waals surface area contributed by atoms with Crippen LogP contribution in [0.3, 0.4) is 0 Å². The number of hydrogen-bond acceptors (Lipinski definition) is 3. The van der Waals surface area contributed by atoms with Crippen molar-refractivity contribution in [3.8, 4) is 11.5 Å². The van der Waals surface area contributed by atoms with E-state index in [4.69, 9.17) is 8.83 Å². The van der Waals surface area contributed by atoms with E-state index in [1.807, 2.05) is 78.9 Å². The van der Waals surface area contributed by atoms with E-state index in [-0.39, 0.29) is 0 Å². The van der Waals surface area contributed by atoms with Crippen LogP contribution in [0.15, 0.2) is 87.7 Å². The minimum atomic E-state index is -3.09. The van der Waals surface area contributed by atoms with E-state index in [1.54, 1.807) is 0 Å². The van der Waals surface area contributed by atoms with Gasteiger partial charge in [0, 0.05) is 16.1 Å². The van der Waals surface area contributed by atoms with Gasteiger partial charge in [-0.3, -0.25) is 0 Å². The normalized spacial score (nSPS) is 14.6. The van der Waals surface area contributed by atoms with Crippen LogP contribution in [0.5, 0.6) is 0 Å². The quantitative estimate of drug-likeness (QED) is 0.398. The zero-order chi connectivity index (χ0) is 17.3. The average molecular weight is 356 g/mol. The van der Waals surface area contributed by atoms with Crippen LogP contribution in [0, 0.1) is 0 Å². The third kappa shape index (κ3) is 1.57. The fourth-order valence-corrected chi connectivity index (χ4v) is 7.25. The molecule has 0 saturated carbocycles. The standard InChI is InChI=1S/C22H13O3P/c23-26(14-8-2-1-3-9-14)21-15-10-4-6-12-17(15)24-19(21)20-22(26)16-11-5-7-13-18(16)25-20/h1-13H. The second-order valence-corrected chi connectivity index (χ2v) is 9.13. The molecule has 2 aromatic heterocycles. The van der Waals surface area contributed by atoms with Crippen molar-refractivity contribution in [2.45, 2.75) is 0 Å². The van der Waals surface area contributed by atoms with Gasteiger partial charge in [0.05, 0.1) is 10.6 Å². The van der Waals surface area contributed by atoms with Crippen molar-refractivity contribution in [2.24, 2.45) is 0 Å². The van der Waals surface area contributed by atoms with Crippen LogP contribution in [-0.4, -0.2) is 0 Å². The highest BCUT2D eigenvalue weighted by Gasteiger charge is 2.48. The molecule has 6 rings (SSSR count). The molecule has 3 aromatic carbocycles. The summed E-state index contributed by atoms with van der Waals surface area (Å²) < 4.78 is 26.9. The van der Waals surface area contributed by atoms with Crippen LogP contribution in [0.25, 0.3) is 33.5 Å². The summed E-state index contributed by atoms with van der Waals surface area (Å²) in [5.41, 5.74) is 1.47. The lowest BCUT2D eigenvalue weighted by Gasteiger charge is -2.14. The Kier molecular flexibility index (Phi) is 2.60. The van der Waals surface area contributed by atoms with Crippen molar-refractivity contribution >= 4 is 45.0 Å². The molecular weight excluding hydrogens is 343 g/mol. The Morgan fingerprint density at radius 1 is 0.577 bits per heavy atom. The molecule has 0 aliphatic carbocycles. The molecule has 1 aliphatic rings. The molecule has 4 heteroatoms. The SMILES string of the molecule is O=P1(c2ccccc2)c2c(oc3ccccc23)-c2oc3ccccc3c21. The number of rotatable bonds is 1. The van der Waals surface area contributed by atoms with E-state index in [9.17, 15) is 4.57 Å². The molecule has 26 heavy (non-hydrogen) atoms. The van der Waals surface area contributed by atoms with Gasteiger partial charge in [-0.15, -0.1) is 0 Å². The Hall–Kier alpha value is -3.03. The van der Waals surface area contributed by atoms with Crippen molar-refractivity contribution < 1.29 is 13.4 Å². The fraction of sp³-hybridized carbons (Fsp3) is 0. The summed E-state index contributed by atoms with van der Waals surface area (Å²) in [6, 6.07) is 25.2. The molecule has 0 spiro atoms. The first-order valence-corrected chi connectivity index (χ1v) is 10.2. The topological polar surface area (TPSA) is 43.4 Å². The van der Waals surface area contributed by atoms with Gasteiger partial charge in [0.2, 0.25) is 0 Å². The molecule has 1 aliphatic heterocycles. The zero-order valence-corrected chi connectivity index (χ0v) is 14.6. The first kappa shape index (κ1) is 14.2. The molecule has 3 heterocycles. The maximum absolute atomic E-state index is 14.7. The molecule has 5 aromatic rings. The minimum absolute atomic E-state index is 0.601. The molecule has 0 amide bonds. The monoisotopic (exact) mass is 356 g/mol. The van der Waals surface area contributed by atoms with E-state index >= 15 is 0 Å². The molecule has 3 nitrogen and oxygen atoms in total. The molecule has 0 radical (unpaired) electrons. The van der Waals surface area contributed by atoms with Crippen molar-refractivity contribution in [1.82, 2.24) is 0 Å². The van der Waals surface area contributed by atoms with Crippen LogP contribution in [0.2, 0.25) is 0 Å². The van der Waals surface area contributed by atoms with Gasteiger partial charge in [0.1, 0.15) is 11.2 Å². The maximum atomic E-state index is 14.7. The zero-order valence-electron chi connectivity index (χ0n) is 13.7. The van der Waals surface area contributed by atoms with Crippen molar-refractivity contribution in [1.29, 1.82) is 0 Å². The summed E-state index contributed by atoms with van der Waals surface area (Å²) in [7, 11) is -3.09. The van der Waals surface area contributed by atoms with Gasteiger partial charge in [-0.1, -0.05) is 66.7 Å². The lowest BCUT2D eigenvalue weighted by molar-refractivity contribution is 0.574. The average Bonchev–Trinajstić information content (AvgIpc) is 3.32. The molecule has 0 N–H and O–H groups in total. The summed E-state index contributed by atoms with van der Waals surface area (Å²) >= 11 is 0. The van der Waals surface area contributed by atoms with Crippen molar-refractivity contribution in [3.63, 3.8) is 0 Å². The molecule has 0 fully saturated rings. The van der Waals surface area contributed by atoms with Gasteiger partial charge in [-0.05, 0) is 12.1 Å². The Bertz CT molecular complexity index is 1270. The van der Waals surface area contributed by atoms with Crippen LogP contribution in [-0.2, 0) is 4.57 Å².